The second-order valence-corrected chi connectivity index (χ2v) is 13.3. The van der Waals surface area contributed by atoms with Crippen molar-refractivity contribution in [3.63, 3.8) is 0 Å². The second kappa shape index (κ2) is 28.7. The Morgan fingerprint density at radius 1 is 0.500 bits per heavy atom. The Morgan fingerprint density at radius 2 is 0.905 bits per heavy atom. The van der Waals surface area contributed by atoms with Gasteiger partial charge in [0.15, 0.2) is 0 Å². The molecule has 0 fully saturated rings. The fourth-order valence-corrected chi connectivity index (χ4v) is 6.17. The quantitative estimate of drug-likeness (QED) is 0.0591. The van der Waals surface area contributed by atoms with E-state index in [1.807, 2.05) is 0 Å². The smallest absolute Gasteiger partial charge is 0.312 e. The average Bonchev–Trinajstić information content (AvgIpc) is 3.00. The number of carbonyl (C=O) groups is 2. The van der Waals surface area contributed by atoms with Crippen LogP contribution in [-0.2, 0) is 19.1 Å². The van der Waals surface area contributed by atoms with Crippen LogP contribution < -0.4 is 0 Å². The minimum atomic E-state index is -0.466. The monoisotopic (exact) mass is 595 g/mol. The fraction of sp³-hybridized carbons (Fsp3) is 0.947. The van der Waals surface area contributed by atoms with E-state index in [1.165, 1.54) is 89.9 Å². The van der Waals surface area contributed by atoms with Crippen molar-refractivity contribution in [2.75, 3.05) is 13.2 Å². The highest BCUT2D eigenvalue weighted by atomic mass is 16.5. The minimum Gasteiger partial charge on any atom is -0.465 e. The molecule has 4 heteroatoms. The van der Waals surface area contributed by atoms with Crippen LogP contribution in [0.15, 0.2) is 0 Å². The maximum Gasteiger partial charge on any atom is 0.312 e. The number of hydrogen-bond acceptors (Lipinski definition) is 4. The van der Waals surface area contributed by atoms with Gasteiger partial charge in [-0.25, -0.2) is 0 Å². The first-order valence-corrected chi connectivity index (χ1v) is 18.8. The van der Waals surface area contributed by atoms with Crippen LogP contribution in [0.4, 0.5) is 0 Å². The molecule has 42 heavy (non-hydrogen) atoms. The molecule has 0 amide bonds. The molecule has 0 heterocycles. The number of carbonyl (C=O) groups excluding carboxylic acids is 2. The molecule has 0 radical (unpaired) electrons. The van der Waals surface area contributed by atoms with Crippen molar-refractivity contribution in [3.05, 3.63) is 0 Å². The van der Waals surface area contributed by atoms with Gasteiger partial charge < -0.3 is 9.47 Å². The largest absolute Gasteiger partial charge is 0.465 e. The Bertz CT molecular complexity index is 600. The maximum absolute atomic E-state index is 14.0. The molecule has 0 aliphatic heterocycles. The predicted octanol–water partition coefficient (Wildman–Crippen LogP) is 12.2. The van der Waals surface area contributed by atoms with E-state index >= 15 is 0 Å². The predicted molar refractivity (Wildman–Crippen MR) is 181 cm³/mol. The van der Waals surface area contributed by atoms with Gasteiger partial charge >= 0.3 is 11.9 Å². The van der Waals surface area contributed by atoms with Crippen molar-refractivity contribution in [2.24, 2.45) is 17.3 Å². The number of unbranched alkanes of at least 4 members (excludes halogenated alkanes) is 12. The molecule has 0 aromatic carbocycles. The zero-order valence-electron chi connectivity index (χ0n) is 29.4. The lowest BCUT2D eigenvalue weighted by Crippen LogP contribution is -2.35. The number of ether oxygens (including phenoxy) is 2. The van der Waals surface area contributed by atoms with Gasteiger partial charge in [0.25, 0.3) is 0 Å². The number of rotatable bonds is 31. The van der Waals surface area contributed by atoms with Gasteiger partial charge in [0.05, 0.1) is 18.6 Å². The van der Waals surface area contributed by atoms with Gasteiger partial charge in [0, 0.05) is 6.42 Å². The summed E-state index contributed by atoms with van der Waals surface area (Å²) in [6.07, 6.45) is 27.4. The standard InChI is InChI=1S/C38H74O4/c1-7-13-17-19-21-23-29-38(30-24-22-20-18-14-8-2,37(40)42-33-35(12-6)27-16-10-4)31-25-28-36(39)41-32-34(11-5)26-15-9-3/h34-35H,7-33H2,1-6H3. The molecular formula is C38H74O4. The van der Waals surface area contributed by atoms with E-state index in [0.717, 1.165) is 57.8 Å². The first-order valence-electron chi connectivity index (χ1n) is 18.8. The summed E-state index contributed by atoms with van der Waals surface area (Å²) in [6, 6.07) is 0. The number of esters is 2. The van der Waals surface area contributed by atoms with E-state index in [9.17, 15) is 9.59 Å². The third kappa shape index (κ3) is 20.8. The van der Waals surface area contributed by atoms with Crippen LogP contribution in [0.1, 0.15) is 202 Å². The third-order valence-electron chi connectivity index (χ3n) is 9.50. The van der Waals surface area contributed by atoms with Crippen LogP contribution in [-0.4, -0.2) is 25.2 Å². The molecular weight excluding hydrogens is 520 g/mol. The average molecular weight is 595 g/mol. The molecule has 2 unspecified atom stereocenters. The second-order valence-electron chi connectivity index (χ2n) is 13.3. The fourth-order valence-electron chi connectivity index (χ4n) is 6.17. The molecule has 0 saturated heterocycles. The van der Waals surface area contributed by atoms with Gasteiger partial charge in [-0.2, -0.15) is 0 Å². The van der Waals surface area contributed by atoms with E-state index in [-0.39, 0.29) is 11.9 Å². The van der Waals surface area contributed by atoms with E-state index in [4.69, 9.17) is 9.47 Å². The summed E-state index contributed by atoms with van der Waals surface area (Å²) in [4.78, 5) is 26.7. The van der Waals surface area contributed by atoms with Gasteiger partial charge in [-0.05, 0) is 50.4 Å². The van der Waals surface area contributed by atoms with Crippen LogP contribution >= 0.6 is 0 Å². The van der Waals surface area contributed by atoms with Crippen molar-refractivity contribution >= 4 is 11.9 Å². The first kappa shape index (κ1) is 40.9. The molecule has 0 aliphatic carbocycles. The molecule has 0 spiro atoms. The SMILES string of the molecule is CCCCCCCCC(CCCCCCCC)(CCCC(=O)OCC(CC)CCCC)C(=O)OCC(CC)CCCC. The normalized spacial score (nSPS) is 13.2. The van der Waals surface area contributed by atoms with Crippen LogP contribution in [0.2, 0.25) is 0 Å². The Kier molecular flexibility index (Phi) is 28.0. The zero-order chi connectivity index (χ0) is 31.3. The van der Waals surface area contributed by atoms with E-state index < -0.39 is 5.41 Å². The Labute approximate surface area is 263 Å². The summed E-state index contributed by atoms with van der Waals surface area (Å²) in [5.74, 6) is 0.821. The topological polar surface area (TPSA) is 52.6 Å². The summed E-state index contributed by atoms with van der Waals surface area (Å²) in [6.45, 7) is 14.4. The van der Waals surface area contributed by atoms with E-state index in [1.54, 1.807) is 0 Å². The van der Waals surface area contributed by atoms with E-state index in [2.05, 4.69) is 41.5 Å². The highest BCUT2D eigenvalue weighted by molar-refractivity contribution is 5.77. The highest BCUT2D eigenvalue weighted by Crippen LogP contribution is 2.39. The zero-order valence-corrected chi connectivity index (χ0v) is 29.4. The highest BCUT2D eigenvalue weighted by Gasteiger charge is 2.39. The van der Waals surface area contributed by atoms with Gasteiger partial charge in [0.2, 0.25) is 0 Å². The molecule has 0 N–H and O–H groups in total. The van der Waals surface area contributed by atoms with Crippen molar-refractivity contribution in [2.45, 2.75) is 202 Å². The maximum atomic E-state index is 14.0. The summed E-state index contributed by atoms with van der Waals surface area (Å²) < 4.78 is 11.9. The lowest BCUT2D eigenvalue weighted by molar-refractivity contribution is -0.160. The molecule has 250 valence electrons. The molecule has 0 saturated carbocycles. The van der Waals surface area contributed by atoms with Gasteiger partial charge in [-0.1, -0.05) is 157 Å². The minimum absolute atomic E-state index is 0.0125. The summed E-state index contributed by atoms with van der Waals surface area (Å²) in [5, 5.41) is 0. The number of hydrogen-bond donors (Lipinski definition) is 0. The first-order chi connectivity index (χ1) is 20.4. The van der Waals surface area contributed by atoms with Crippen molar-refractivity contribution in [1.29, 1.82) is 0 Å². The molecule has 0 aromatic rings. The molecule has 0 rings (SSSR count). The molecule has 4 nitrogen and oxygen atoms in total. The van der Waals surface area contributed by atoms with Crippen molar-refractivity contribution in [1.82, 2.24) is 0 Å². The third-order valence-corrected chi connectivity index (χ3v) is 9.50. The lowest BCUT2D eigenvalue weighted by atomic mass is 9.74. The summed E-state index contributed by atoms with van der Waals surface area (Å²) in [5.41, 5.74) is -0.466. The van der Waals surface area contributed by atoms with Crippen LogP contribution in [0.3, 0.4) is 0 Å². The molecule has 0 aromatic heterocycles. The van der Waals surface area contributed by atoms with E-state index in [0.29, 0.717) is 37.9 Å². The molecule has 0 bridgehead atoms. The lowest BCUT2D eigenvalue weighted by Gasteiger charge is -2.33. The Morgan fingerprint density at radius 3 is 1.36 bits per heavy atom. The van der Waals surface area contributed by atoms with Gasteiger partial charge in [-0.15, -0.1) is 0 Å². The summed E-state index contributed by atoms with van der Waals surface area (Å²) in [7, 11) is 0. The van der Waals surface area contributed by atoms with Gasteiger partial charge in [-0.3, -0.25) is 9.59 Å². The Balaban J connectivity index is 5.44. The van der Waals surface area contributed by atoms with Crippen LogP contribution in [0, 0.1) is 17.3 Å². The van der Waals surface area contributed by atoms with Crippen LogP contribution in [0.25, 0.3) is 0 Å². The van der Waals surface area contributed by atoms with Crippen LogP contribution in [0.5, 0.6) is 0 Å². The summed E-state index contributed by atoms with van der Waals surface area (Å²) >= 11 is 0. The molecule has 2 atom stereocenters. The molecule has 0 aliphatic rings. The van der Waals surface area contributed by atoms with Crippen molar-refractivity contribution in [3.8, 4) is 0 Å². The Hall–Kier alpha value is -1.06. The van der Waals surface area contributed by atoms with Gasteiger partial charge in [0.1, 0.15) is 0 Å². The van der Waals surface area contributed by atoms with Crippen molar-refractivity contribution < 1.29 is 19.1 Å².